The first kappa shape index (κ1) is 31.0. The van der Waals surface area contributed by atoms with Crippen molar-refractivity contribution in [1.29, 1.82) is 0 Å². The monoisotopic (exact) mass is 544 g/mol. The Morgan fingerprint density at radius 1 is 0.821 bits per heavy atom. The van der Waals surface area contributed by atoms with Gasteiger partial charge in [-0.05, 0) is 59.5 Å². The summed E-state index contributed by atoms with van der Waals surface area (Å²) >= 11 is 0. The molecule has 0 aliphatic rings. The van der Waals surface area contributed by atoms with E-state index < -0.39 is 20.0 Å². The second kappa shape index (κ2) is 13.7. The molecule has 210 valence electrons. The summed E-state index contributed by atoms with van der Waals surface area (Å²) in [6.07, 6.45) is 2.88. The zero-order chi connectivity index (χ0) is 28.5. The average Bonchev–Trinajstić information content (AvgIpc) is 2.93. The highest BCUT2D eigenvalue weighted by Gasteiger charge is 2.40. The van der Waals surface area contributed by atoms with Crippen molar-refractivity contribution in [3.05, 3.63) is 120 Å². The molecule has 0 aliphatic carbocycles. The molecule has 0 aromatic heterocycles. The fourth-order valence-corrected chi connectivity index (χ4v) is 6.06. The Kier molecular flexibility index (Phi) is 10.9. The van der Waals surface area contributed by atoms with Crippen LogP contribution >= 0.6 is 0 Å². The third-order valence-corrected chi connectivity index (χ3v) is 13.1. The first-order chi connectivity index (χ1) is 18.5. The molecule has 1 N–H and O–H groups in total. The van der Waals surface area contributed by atoms with Gasteiger partial charge >= 0.3 is 0 Å². The van der Waals surface area contributed by atoms with Crippen molar-refractivity contribution in [2.45, 2.75) is 70.4 Å². The molecule has 39 heavy (non-hydrogen) atoms. The number of hydrogen-bond acceptors (Lipinski definition) is 3. The van der Waals surface area contributed by atoms with Crippen LogP contribution in [0, 0.1) is 11.8 Å². The summed E-state index contributed by atoms with van der Waals surface area (Å²) in [5.74, 6) is 0.275. The van der Waals surface area contributed by atoms with Crippen molar-refractivity contribution in [3.8, 4) is 0 Å². The van der Waals surface area contributed by atoms with Gasteiger partial charge in [-0.2, -0.15) is 0 Å². The van der Waals surface area contributed by atoms with Crippen molar-refractivity contribution < 1.29 is 14.3 Å². The van der Waals surface area contributed by atoms with Crippen LogP contribution in [0.5, 0.6) is 0 Å². The van der Waals surface area contributed by atoms with Gasteiger partial charge in [0.15, 0.2) is 8.32 Å². The van der Waals surface area contributed by atoms with Crippen LogP contribution in [0.4, 0.5) is 0 Å². The fraction of sp³-hybridized carbons (Fsp3) is 0.429. The SMILES string of the molecule is C=CC[C@H]([C@H](C)CCO[Si](C)(C)C(C)(C)C)[C@H](O)COC(c1ccccc1)(c1ccccc1)c1ccccc1. The van der Waals surface area contributed by atoms with E-state index in [-0.39, 0.29) is 23.5 Å². The van der Waals surface area contributed by atoms with E-state index in [1.165, 1.54) is 0 Å². The molecular weight excluding hydrogens is 496 g/mol. The fourth-order valence-electron chi connectivity index (χ4n) is 4.99. The molecule has 0 saturated heterocycles. The van der Waals surface area contributed by atoms with Gasteiger partial charge < -0.3 is 14.3 Å². The van der Waals surface area contributed by atoms with E-state index in [0.29, 0.717) is 6.61 Å². The lowest BCUT2D eigenvalue weighted by Gasteiger charge is -2.38. The lowest BCUT2D eigenvalue weighted by Crippen LogP contribution is -2.41. The minimum atomic E-state index is -1.81. The number of hydrogen-bond donors (Lipinski definition) is 1. The molecule has 0 fully saturated rings. The molecular formula is C35H48O3Si. The summed E-state index contributed by atoms with van der Waals surface area (Å²) < 4.78 is 13.4. The largest absolute Gasteiger partial charge is 0.417 e. The molecule has 4 heteroatoms. The molecule has 3 aromatic rings. The van der Waals surface area contributed by atoms with Crippen LogP contribution in [0.15, 0.2) is 104 Å². The van der Waals surface area contributed by atoms with Gasteiger partial charge in [0, 0.05) is 6.61 Å². The van der Waals surface area contributed by atoms with Crippen molar-refractivity contribution in [3.63, 3.8) is 0 Å². The van der Waals surface area contributed by atoms with E-state index in [2.05, 4.69) is 83.8 Å². The molecule has 0 aliphatic heterocycles. The number of ether oxygens (including phenoxy) is 1. The number of allylic oxidation sites excluding steroid dienone is 1. The van der Waals surface area contributed by atoms with Gasteiger partial charge in [0.1, 0.15) is 5.60 Å². The highest BCUT2D eigenvalue weighted by molar-refractivity contribution is 6.74. The van der Waals surface area contributed by atoms with E-state index in [4.69, 9.17) is 9.16 Å². The van der Waals surface area contributed by atoms with Gasteiger partial charge in [0.25, 0.3) is 0 Å². The van der Waals surface area contributed by atoms with Gasteiger partial charge in [-0.15, -0.1) is 6.58 Å². The Balaban J connectivity index is 1.87. The highest BCUT2D eigenvalue weighted by Crippen LogP contribution is 2.41. The van der Waals surface area contributed by atoms with Crippen molar-refractivity contribution in [2.75, 3.05) is 13.2 Å². The first-order valence-corrected chi connectivity index (χ1v) is 17.2. The number of aliphatic hydroxyl groups excluding tert-OH is 1. The number of benzene rings is 3. The summed E-state index contributed by atoms with van der Waals surface area (Å²) in [5.41, 5.74) is 2.25. The van der Waals surface area contributed by atoms with E-state index >= 15 is 0 Å². The van der Waals surface area contributed by atoms with E-state index in [0.717, 1.165) is 29.5 Å². The Labute approximate surface area is 238 Å². The highest BCUT2D eigenvalue weighted by atomic mass is 28.4. The number of rotatable bonds is 14. The second-order valence-corrected chi connectivity index (χ2v) is 17.0. The van der Waals surface area contributed by atoms with Crippen LogP contribution in [-0.4, -0.2) is 32.7 Å². The predicted molar refractivity (Wildman–Crippen MR) is 166 cm³/mol. The van der Waals surface area contributed by atoms with Gasteiger partial charge in [-0.3, -0.25) is 0 Å². The second-order valence-electron chi connectivity index (χ2n) is 12.2. The Morgan fingerprint density at radius 3 is 1.64 bits per heavy atom. The smallest absolute Gasteiger partial charge is 0.191 e. The van der Waals surface area contributed by atoms with Gasteiger partial charge in [0.2, 0.25) is 0 Å². The third kappa shape index (κ3) is 7.58. The van der Waals surface area contributed by atoms with Crippen molar-refractivity contribution >= 4 is 8.32 Å². The van der Waals surface area contributed by atoms with E-state index in [1.54, 1.807) is 0 Å². The molecule has 0 unspecified atom stereocenters. The minimum Gasteiger partial charge on any atom is -0.417 e. The minimum absolute atomic E-state index is 0.0190. The normalized spacial score (nSPS) is 14.9. The van der Waals surface area contributed by atoms with Crippen LogP contribution in [0.1, 0.15) is 57.2 Å². The molecule has 3 atom stereocenters. The first-order valence-electron chi connectivity index (χ1n) is 14.3. The van der Waals surface area contributed by atoms with E-state index in [1.807, 2.05) is 60.7 Å². The van der Waals surface area contributed by atoms with Gasteiger partial charge in [0.05, 0.1) is 12.7 Å². The Hall–Kier alpha value is -2.50. The standard InChI is InChI=1S/C35H48O3Si/c1-8-18-32(28(2)25-26-38-39(6,7)34(3,4)5)33(36)27-37-35(29-19-12-9-13-20-29,30-21-14-10-15-22-30)31-23-16-11-17-24-31/h8-17,19-24,28,32-33,36H,1,18,25-27H2,2-7H3/t28-,32-,33-/m1/s1. The summed E-state index contributed by atoms with van der Waals surface area (Å²) in [4.78, 5) is 0. The van der Waals surface area contributed by atoms with Crippen LogP contribution in [-0.2, 0) is 14.8 Å². The van der Waals surface area contributed by atoms with Crippen molar-refractivity contribution in [2.24, 2.45) is 11.8 Å². The zero-order valence-corrected chi connectivity index (χ0v) is 25.8. The maximum atomic E-state index is 11.6. The molecule has 0 heterocycles. The molecule has 0 amide bonds. The molecule has 0 bridgehead atoms. The molecule has 0 saturated carbocycles. The predicted octanol–water partition coefficient (Wildman–Crippen LogP) is 8.60. The molecule has 0 radical (unpaired) electrons. The average molecular weight is 545 g/mol. The zero-order valence-electron chi connectivity index (χ0n) is 24.8. The number of aliphatic hydroxyl groups is 1. The maximum absolute atomic E-state index is 11.6. The lowest BCUT2D eigenvalue weighted by molar-refractivity contribution is -0.0639. The maximum Gasteiger partial charge on any atom is 0.191 e. The molecule has 3 rings (SSSR count). The van der Waals surface area contributed by atoms with E-state index in [9.17, 15) is 5.11 Å². The molecule has 3 aromatic carbocycles. The summed E-state index contributed by atoms with van der Waals surface area (Å²) in [6, 6.07) is 30.9. The van der Waals surface area contributed by atoms with Crippen LogP contribution < -0.4 is 0 Å². The quantitative estimate of drug-likeness (QED) is 0.125. The summed E-state index contributed by atoms with van der Waals surface area (Å²) in [5, 5.41) is 11.8. The van der Waals surface area contributed by atoms with Crippen molar-refractivity contribution in [1.82, 2.24) is 0 Å². The van der Waals surface area contributed by atoms with Crippen LogP contribution in [0.25, 0.3) is 0 Å². The third-order valence-electron chi connectivity index (χ3n) is 8.52. The van der Waals surface area contributed by atoms with Crippen LogP contribution in [0.2, 0.25) is 18.1 Å². The summed E-state index contributed by atoms with van der Waals surface area (Å²) in [6.45, 7) is 18.5. The topological polar surface area (TPSA) is 38.7 Å². The lowest BCUT2D eigenvalue weighted by atomic mass is 9.79. The Morgan fingerprint density at radius 2 is 1.26 bits per heavy atom. The molecule has 3 nitrogen and oxygen atoms in total. The van der Waals surface area contributed by atoms with Gasteiger partial charge in [-0.1, -0.05) is 125 Å². The molecule has 0 spiro atoms. The Bertz CT molecular complexity index is 1030. The van der Waals surface area contributed by atoms with Gasteiger partial charge in [-0.25, -0.2) is 0 Å². The van der Waals surface area contributed by atoms with Crippen LogP contribution in [0.3, 0.4) is 0 Å². The summed E-state index contributed by atoms with van der Waals surface area (Å²) in [7, 11) is -1.81.